The second-order valence-corrected chi connectivity index (χ2v) is 2.69. The van der Waals surface area contributed by atoms with Crippen LogP contribution < -0.4 is 10.6 Å². The Balaban J connectivity index is 2.97. The molecule has 0 N–H and O–H groups in total. The van der Waals surface area contributed by atoms with Gasteiger partial charge in [-0.2, -0.15) is 0 Å². The maximum atomic E-state index is 10.6. The van der Waals surface area contributed by atoms with E-state index in [2.05, 4.69) is 4.99 Å². The van der Waals surface area contributed by atoms with Gasteiger partial charge in [-0.1, -0.05) is 12.1 Å². The third-order valence-corrected chi connectivity index (χ3v) is 1.89. The Morgan fingerprint density at radius 2 is 2.07 bits per heavy atom. The van der Waals surface area contributed by atoms with Gasteiger partial charge in [0, 0.05) is 0 Å². The highest BCUT2D eigenvalue weighted by atomic mass is 16.6. The van der Waals surface area contributed by atoms with Crippen molar-refractivity contribution in [2.45, 2.75) is 0 Å². The second kappa shape index (κ2) is 2.90. The zero-order chi connectivity index (χ0) is 10.1. The Bertz CT molecular complexity index is 582. The molecular weight excluding hydrogens is 184 g/mol. The topological polar surface area (TPSA) is 72.6 Å². The fourth-order valence-electron chi connectivity index (χ4n) is 1.33. The summed E-state index contributed by atoms with van der Waals surface area (Å²) in [5, 5.41) is 11.5. The minimum absolute atomic E-state index is 0.240. The SMILES string of the molecule is O=C=C1N=c2ccccc2=C1[N+](=O)[O-]. The van der Waals surface area contributed by atoms with E-state index >= 15 is 0 Å². The first-order valence-electron chi connectivity index (χ1n) is 3.82. The zero-order valence-corrected chi connectivity index (χ0v) is 6.93. The van der Waals surface area contributed by atoms with E-state index in [9.17, 15) is 14.9 Å². The smallest absolute Gasteiger partial charge is 0.258 e. The largest absolute Gasteiger partial charge is 0.315 e. The Morgan fingerprint density at radius 3 is 2.71 bits per heavy atom. The van der Waals surface area contributed by atoms with Gasteiger partial charge in [-0.15, -0.1) is 0 Å². The van der Waals surface area contributed by atoms with Crippen LogP contribution in [0.3, 0.4) is 0 Å². The van der Waals surface area contributed by atoms with Crippen LogP contribution in [0.25, 0.3) is 5.70 Å². The third kappa shape index (κ3) is 1.04. The van der Waals surface area contributed by atoms with Gasteiger partial charge in [0.2, 0.25) is 5.70 Å². The summed E-state index contributed by atoms with van der Waals surface area (Å²) in [6.07, 6.45) is 0. The lowest BCUT2D eigenvalue weighted by molar-refractivity contribution is -0.376. The summed E-state index contributed by atoms with van der Waals surface area (Å²) in [7, 11) is 0. The number of nitrogens with zero attached hydrogens (tertiary/aromatic N) is 2. The molecule has 0 bridgehead atoms. The van der Waals surface area contributed by atoms with E-state index in [0.29, 0.717) is 10.6 Å². The van der Waals surface area contributed by atoms with E-state index in [1.807, 2.05) is 0 Å². The van der Waals surface area contributed by atoms with Gasteiger partial charge in [0.15, 0.2) is 5.94 Å². The average molecular weight is 188 g/mol. The van der Waals surface area contributed by atoms with E-state index in [-0.39, 0.29) is 11.4 Å². The van der Waals surface area contributed by atoms with Gasteiger partial charge in [0.1, 0.15) is 0 Å². The number of fused-ring (bicyclic) bond motifs is 1. The first-order chi connectivity index (χ1) is 6.74. The van der Waals surface area contributed by atoms with Crippen molar-refractivity contribution in [1.29, 1.82) is 0 Å². The molecule has 1 aromatic rings. The number of nitro groups is 1. The number of carbonyl (C=O) groups excluding carboxylic acids is 1. The van der Waals surface area contributed by atoms with Crippen LogP contribution in [0.2, 0.25) is 0 Å². The molecule has 0 atom stereocenters. The Hall–Kier alpha value is -2.26. The van der Waals surface area contributed by atoms with E-state index in [4.69, 9.17) is 0 Å². The van der Waals surface area contributed by atoms with Gasteiger partial charge >= 0.3 is 5.70 Å². The summed E-state index contributed by atoms with van der Waals surface area (Å²) in [6.45, 7) is 0. The first-order valence-corrected chi connectivity index (χ1v) is 3.82. The maximum absolute atomic E-state index is 10.6. The van der Waals surface area contributed by atoms with E-state index in [1.165, 1.54) is 5.94 Å². The van der Waals surface area contributed by atoms with Crippen molar-refractivity contribution >= 4 is 11.6 Å². The second-order valence-electron chi connectivity index (χ2n) is 2.69. The number of hydrogen-bond acceptors (Lipinski definition) is 4. The molecule has 1 heterocycles. The van der Waals surface area contributed by atoms with Crippen molar-refractivity contribution in [1.82, 2.24) is 0 Å². The molecule has 2 rings (SSSR count). The van der Waals surface area contributed by atoms with Gasteiger partial charge < -0.3 is 0 Å². The predicted octanol–water partition coefficient (Wildman–Crippen LogP) is -0.580. The monoisotopic (exact) mass is 188 g/mol. The van der Waals surface area contributed by atoms with Crippen molar-refractivity contribution in [2.24, 2.45) is 4.99 Å². The molecule has 0 spiro atoms. The van der Waals surface area contributed by atoms with Crippen LogP contribution in [0.1, 0.15) is 0 Å². The normalized spacial score (nSPS) is 13.1. The van der Waals surface area contributed by atoms with E-state index < -0.39 is 4.92 Å². The predicted molar refractivity (Wildman–Crippen MR) is 46.8 cm³/mol. The third-order valence-electron chi connectivity index (χ3n) is 1.89. The van der Waals surface area contributed by atoms with Crippen LogP contribution in [0.5, 0.6) is 0 Å². The molecular formula is C9H4N2O3. The number of para-hydroxylation sites is 1. The molecule has 0 aliphatic carbocycles. The molecule has 0 fully saturated rings. The van der Waals surface area contributed by atoms with Gasteiger partial charge in [-0.3, -0.25) is 10.1 Å². The molecule has 5 nitrogen and oxygen atoms in total. The summed E-state index contributed by atoms with van der Waals surface area (Å²) < 4.78 is 0. The summed E-state index contributed by atoms with van der Waals surface area (Å²) in [5.74, 6) is 1.46. The molecule has 0 saturated heterocycles. The van der Waals surface area contributed by atoms with Gasteiger partial charge in [-0.05, 0) is 12.1 Å². The Morgan fingerprint density at radius 1 is 1.36 bits per heavy atom. The molecule has 5 heteroatoms. The molecule has 1 aromatic carbocycles. The summed E-state index contributed by atoms with van der Waals surface area (Å²) in [6, 6.07) is 6.53. The molecule has 0 unspecified atom stereocenters. The standard InChI is InChI=1S/C9H4N2O3/c12-5-8-9(11(13)14)6-3-1-2-4-7(6)10-8/h1-4H. The van der Waals surface area contributed by atoms with Gasteiger partial charge in [0.05, 0.1) is 15.5 Å². The van der Waals surface area contributed by atoms with E-state index in [1.54, 1.807) is 24.3 Å². The highest BCUT2D eigenvalue weighted by molar-refractivity contribution is 5.74. The molecule has 0 radical (unpaired) electrons. The van der Waals surface area contributed by atoms with Crippen molar-refractivity contribution in [3.63, 3.8) is 0 Å². The highest BCUT2D eigenvalue weighted by Gasteiger charge is 2.24. The van der Waals surface area contributed by atoms with Crippen molar-refractivity contribution in [2.75, 3.05) is 0 Å². The number of benzene rings is 1. The Labute approximate surface area is 77.9 Å². The lowest BCUT2D eigenvalue weighted by Crippen LogP contribution is -2.24. The molecule has 0 aromatic heterocycles. The molecule has 0 amide bonds. The van der Waals surface area contributed by atoms with Crippen LogP contribution in [0.15, 0.2) is 35.0 Å². The summed E-state index contributed by atoms with van der Waals surface area (Å²) in [5.41, 5.74) is -0.508. The molecule has 1 aliphatic rings. The Kier molecular flexibility index (Phi) is 1.73. The average Bonchev–Trinajstić information content (AvgIpc) is 2.55. The van der Waals surface area contributed by atoms with Crippen molar-refractivity contribution < 1.29 is 9.72 Å². The van der Waals surface area contributed by atoms with Crippen LogP contribution in [0.4, 0.5) is 0 Å². The molecule has 1 aliphatic heterocycles. The summed E-state index contributed by atoms with van der Waals surface area (Å²) in [4.78, 5) is 24.2. The van der Waals surface area contributed by atoms with Crippen LogP contribution in [0, 0.1) is 10.1 Å². The molecule has 68 valence electrons. The lowest BCUT2D eigenvalue weighted by atomic mass is 10.2. The maximum Gasteiger partial charge on any atom is 0.315 e. The highest BCUT2D eigenvalue weighted by Crippen LogP contribution is 2.09. The quantitative estimate of drug-likeness (QED) is 0.336. The summed E-state index contributed by atoms with van der Waals surface area (Å²) >= 11 is 0. The van der Waals surface area contributed by atoms with E-state index in [0.717, 1.165) is 0 Å². The van der Waals surface area contributed by atoms with Crippen LogP contribution >= 0.6 is 0 Å². The fraction of sp³-hybridized carbons (Fsp3) is 0. The minimum Gasteiger partial charge on any atom is -0.258 e. The fourth-order valence-corrected chi connectivity index (χ4v) is 1.33. The molecule has 14 heavy (non-hydrogen) atoms. The lowest BCUT2D eigenvalue weighted by Gasteiger charge is -1.87. The van der Waals surface area contributed by atoms with Crippen LogP contribution in [-0.4, -0.2) is 10.9 Å². The van der Waals surface area contributed by atoms with Crippen LogP contribution in [-0.2, 0) is 4.79 Å². The van der Waals surface area contributed by atoms with Gasteiger partial charge in [0.25, 0.3) is 0 Å². The zero-order valence-electron chi connectivity index (χ0n) is 6.93. The first kappa shape index (κ1) is 8.34. The number of rotatable bonds is 1. The van der Waals surface area contributed by atoms with Crippen molar-refractivity contribution in [3.8, 4) is 0 Å². The minimum atomic E-state index is -0.616. The van der Waals surface area contributed by atoms with Crippen molar-refractivity contribution in [3.05, 3.63) is 50.7 Å². The van der Waals surface area contributed by atoms with Gasteiger partial charge in [-0.25, -0.2) is 9.79 Å². The molecule has 0 saturated carbocycles. The number of hydrogen-bond donors (Lipinski definition) is 0.